The number of hydrogen-bond donors (Lipinski definition) is 0. The molecular formula is C16H13N3O3S. The van der Waals surface area contributed by atoms with Crippen molar-refractivity contribution in [3.8, 4) is 6.07 Å². The molecule has 2 aromatic rings. The average Bonchev–Trinajstić information content (AvgIpc) is 3.00. The van der Waals surface area contributed by atoms with Crippen LogP contribution < -0.4 is 4.90 Å². The van der Waals surface area contributed by atoms with Gasteiger partial charge >= 0.3 is 5.97 Å². The number of anilines is 2. The molecule has 0 bridgehead atoms. The van der Waals surface area contributed by atoms with Crippen LogP contribution in [0.15, 0.2) is 41.8 Å². The van der Waals surface area contributed by atoms with E-state index in [4.69, 9.17) is 5.26 Å². The van der Waals surface area contributed by atoms with E-state index in [1.54, 1.807) is 11.4 Å². The van der Waals surface area contributed by atoms with Crippen molar-refractivity contribution < 1.29 is 14.3 Å². The first-order valence-electron chi connectivity index (χ1n) is 6.65. The van der Waals surface area contributed by atoms with E-state index in [1.807, 2.05) is 30.3 Å². The summed E-state index contributed by atoms with van der Waals surface area (Å²) in [5.74, 6) is -0.776. The average molecular weight is 327 g/mol. The van der Waals surface area contributed by atoms with Gasteiger partial charge in [0.25, 0.3) is 0 Å². The zero-order valence-corrected chi connectivity index (χ0v) is 13.1. The van der Waals surface area contributed by atoms with E-state index < -0.39 is 5.97 Å². The number of benzene rings is 1. The maximum Gasteiger partial charge on any atom is 0.331 e. The highest BCUT2D eigenvalue weighted by atomic mass is 32.1. The molecule has 1 amide bonds. The molecule has 0 atom stereocenters. The molecule has 0 aliphatic rings. The second-order valence-electron chi connectivity index (χ2n) is 4.34. The predicted octanol–water partition coefficient (Wildman–Crippen LogP) is 2.91. The van der Waals surface area contributed by atoms with Crippen molar-refractivity contribution in [1.82, 2.24) is 4.98 Å². The van der Waals surface area contributed by atoms with Crippen molar-refractivity contribution in [2.75, 3.05) is 11.5 Å². The van der Waals surface area contributed by atoms with Gasteiger partial charge in [-0.25, -0.2) is 9.78 Å². The molecule has 2 rings (SSSR count). The molecule has 1 aromatic carbocycles. The molecule has 7 heteroatoms. The topological polar surface area (TPSA) is 83.3 Å². The molecule has 1 heterocycles. The maximum absolute atomic E-state index is 11.9. The highest BCUT2D eigenvalue weighted by Crippen LogP contribution is 2.28. The van der Waals surface area contributed by atoms with Crippen molar-refractivity contribution in [3.63, 3.8) is 0 Å². The maximum atomic E-state index is 11.9. The number of amides is 1. The molecular weight excluding hydrogens is 314 g/mol. The van der Waals surface area contributed by atoms with E-state index in [0.29, 0.717) is 10.8 Å². The molecule has 6 nitrogen and oxygen atoms in total. The van der Waals surface area contributed by atoms with Gasteiger partial charge in [-0.15, -0.1) is 11.3 Å². The van der Waals surface area contributed by atoms with Crippen LogP contribution in [-0.4, -0.2) is 23.5 Å². The number of ether oxygens (including phenoxy) is 1. The quantitative estimate of drug-likeness (QED) is 0.623. The molecule has 0 N–H and O–H groups in total. The molecule has 0 saturated carbocycles. The van der Waals surface area contributed by atoms with E-state index in [2.05, 4.69) is 9.72 Å². The molecule has 23 heavy (non-hydrogen) atoms. The largest absolute Gasteiger partial charge is 0.447 e. The van der Waals surface area contributed by atoms with Crippen LogP contribution in [0.5, 0.6) is 0 Å². The minimum Gasteiger partial charge on any atom is -0.447 e. The van der Waals surface area contributed by atoms with Crippen LogP contribution in [-0.2, 0) is 14.3 Å². The molecule has 0 spiro atoms. The highest BCUT2D eigenvalue weighted by molar-refractivity contribution is 7.14. The number of carbonyl (C=O) groups excluding carboxylic acids is 2. The van der Waals surface area contributed by atoms with Crippen molar-refractivity contribution in [2.45, 2.75) is 6.92 Å². The fraction of sp³-hybridized carbons (Fsp3) is 0.125. The zero-order valence-electron chi connectivity index (χ0n) is 12.3. The SMILES string of the molecule is CC(=O)N(c1ccccc1)c1nc(/C=C/C(=O)OCC#N)cs1. The van der Waals surface area contributed by atoms with Gasteiger partial charge in [0.2, 0.25) is 5.91 Å². The number of para-hydroxylation sites is 1. The minimum atomic E-state index is -0.618. The summed E-state index contributed by atoms with van der Waals surface area (Å²) in [6.07, 6.45) is 2.67. The Morgan fingerprint density at radius 2 is 2.13 bits per heavy atom. The second kappa shape index (κ2) is 7.87. The lowest BCUT2D eigenvalue weighted by Gasteiger charge is -2.17. The van der Waals surface area contributed by atoms with Crippen molar-refractivity contribution in [2.24, 2.45) is 0 Å². The number of hydrogen-bond acceptors (Lipinski definition) is 6. The van der Waals surface area contributed by atoms with Crippen molar-refractivity contribution in [1.29, 1.82) is 5.26 Å². The first-order valence-corrected chi connectivity index (χ1v) is 7.53. The Morgan fingerprint density at radius 3 is 2.78 bits per heavy atom. The van der Waals surface area contributed by atoms with Crippen LogP contribution >= 0.6 is 11.3 Å². The first-order chi connectivity index (χ1) is 11.1. The fourth-order valence-electron chi connectivity index (χ4n) is 1.76. The van der Waals surface area contributed by atoms with E-state index in [-0.39, 0.29) is 12.5 Å². The van der Waals surface area contributed by atoms with Crippen LogP contribution in [0.4, 0.5) is 10.8 Å². The second-order valence-corrected chi connectivity index (χ2v) is 5.18. The van der Waals surface area contributed by atoms with E-state index in [9.17, 15) is 9.59 Å². The Labute approximate surface area is 137 Å². The molecule has 0 radical (unpaired) electrons. The van der Waals surface area contributed by atoms with E-state index in [1.165, 1.54) is 35.3 Å². The van der Waals surface area contributed by atoms with Crippen LogP contribution in [0.1, 0.15) is 12.6 Å². The molecule has 116 valence electrons. The first kappa shape index (κ1) is 16.4. The molecule has 0 saturated heterocycles. The van der Waals surface area contributed by atoms with Gasteiger partial charge in [0.05, 0.1) is 11.4 Å². The van der Waals surface area contributed by atoms with Crippen LogP contribution in [0.25, 0.3) is 6.08 Å². The summed E-state index contributed by atoms with van der Waals surface area (Å²) in [4.78, 5) is 29.0. The third kappa shape index (κ3) is 4.49. The molecule has 0 unspecified atom stereocenters. The van der Waals surface area contributed by atoms with Gasteiger partial charge in [-0.2, -0.15) is 5.26 Å². The number of nitriles is 1. The predicted molar refractivity (Wildman–Crippen MR) is 87.0 cm³/mol. The van der Waals surface area contributed by atoms with Crippen LogP contribution in [0.2, 0.25) is 0 Å². The van der Waals surface area contributed by atoms with E-state index in [0.717, 1.165) is 5.69 Å². The normalized spacial score (nSPS) is 10.3. The number of carbonyl (C=O) groups is 2. The summed E-state index contributed by atoms with van der Waals surface area (Å²) in [5.41, 5.74) is 1.25. The lowest BCUT2D eigenvalue weighted by atomic mass is 10.3. The summed E-state index contributed by atoms with van der Waals surface area (Å²) in [5, 5.41) is 10.6. The van der Waals surface area contributed by atoms with Gasteiger partial charge in [-0.1, -0.05) is 18.2 Å². The fourth-order valence-corrected chi connectivity index (χ4v) is 2.62. The molecule has 0 aliphatic carbocycles. The summed E-state index contributed by atoms with van der Waals surface area (Å²) in [6.45, 7) is 1.17. The van der Waals surface area contributed by atoms with Gasteiger partial charge in [0.15, 0.2) is 11.7 Å². The molecule has 0 aliphatic heterocycles. The van der Waals surface area contributed by atoms with Crippen molar-refractivity contribution in [3.05, 3.63) is 47.5 Å². The summed E-state index contributed by atoms with van der Waals surface area (Å²) in [7, 11) is 0. The summed E-state index contributed by atoms with van der Waals surface area (Å²) in [6, 6.07) is 10.9. The van der Waals surface area contributed by atoms with Crippen molar-refractivity contribution >= 4 is 40.1 Å². The highest BCUT2D eigenvalue weighted by Gasteiger charge is 2.17. The summed E-state index contributed by atoms with van der Waals surface area (Å²) < 4.78 is 4.60. The Balaban J connectivity index is 2.17. The van der Waals surface area contributed by atoms with Gasteiger partial charge in [-0.05, 0) is 18.2 Å². The van der Waals surface area contributed by atoms with Gasteiger partial charge in [0.1, 0.15) is 6.07 Å². The third-order valence-electron chi connectivity index (χ3n) is 2.70. The Bertz CT molecular complexity index is 762. The Morgan fingerprint density at radius 1 is 1.39 bits per heavy atom. The molecule has 0 fully saturated rings. The number of rotatable bonds is 5. The van der Waals surface area contributed by atoms with Gasteiger partial charge < -0.3 is 4.74 Å². The summed E-state index contributed by atoms with van der Waals surface area (Å²) >= 11 is 1.29. The smallest absolute Gasteiger partial charge is 0.331 e. The van der Waals surface area contributed by atoms with E-state index >= 15 is 0 Å². The minimum absolute atomic E-state index is 0.158. The lowest BCUT2D eigenvalue weighted by molar-refractivity contribution is -0.136. The van der Waals surface area contributed by atoms with Crippen LogP contribution in [0, 0.1) is 11.3 Å². The standard InChI is InChI=1S/C16H13N3O3S/c1-12(20)19(14-5-3-2-4-6-14)16-18-13(11-23-16)7-8-15(21)22-10-9-17/h2-8,11H,10H2,1H3/b8-7+. The Kier molecular flexibility index (Phi) is 5.61. The lowest BCUT2D eigenvalue weighted by Crippen LogP contribution is -2.22. The third-order valence-corrected chi connectivity index (χ3v) is 3.54. The van der Waals surface area contributed by atoms with Gasteiger partial charge in [-0.3, -0.25) is 9.69 Å². The number of nitrogens with zero attached hydrogens (tertiary/aromatic N) is 3. The van der Waals surface area contributed by atoms with Gasteiger partial charge in [0, 0.05) is 18.4 Å². The monoisotopic (exact) mass is 327 g/mol. The zero-order chi connectivity index (χ0) is 16.7. The molecule has 1 aromatic heterocycles. The number of aromatic nitrogens is 1. The number of esters is 1. The Hall–Kier alpha value is -2.98. The number of thiazole rings is 1. The van der Waals surface area contributed by atoms with Crippen LogP contribution in [0.3, 0.4) is 0 Å².